The first-order chi connectivity index (χ1) is 9.97. The summed E-state index contributed by atoms with van der Waals surface area (Å²) in [6.45, 7) is 10.0. The highest BCUT2D eigenvalue weighted by Crippen LogP contribution is 2.38. The van der Waals surface area contributed by atoms with Crippen LogP contribution >= 0.6 is 0 Å². The van der Waals surface area contributed by atoms with E-state index in [1.807, 2.05) is 12.1 Å². The molecule has 0 aliphatic heterocycles. The van der Waals surface area contributed by atoms with E-state index in [1.165, 1.54) is 0 Å². The van der Waals surface area contributed by atoms with E-state index in [-0.39, 0.29) is 0 Å². The van der Waals surface area contributed by atoms with Gasteiger partial charge in [-0.1, -0.05) is 27.7 Å². The van der Waals surface area contributed by atoms with E-state index >= 15 is 0 Å². The SMILES string of the molecule is COc1cc(CNC(C)C)cc(OC)c1OCCC(C)C. The zero-order valence-corrected chi connectivity index (χ0v) is 14.2. The summed E-state index contributed by atoms with van der Waals surface area (Å²) in [6, 6.07) is 4.44. The van der Waals surface area contributed by atoms with Crippen molar-refractivity contribution in [1.82, 2.24) is 5.32 Å². The highest BCUT2D eigenvalue weighted by atomic mass is 16.5. The van der Waals surface area contributed by atoms with Gasteiger partial charge in [-0.25, -0.2) is 0 Å². The minimum absolute atomic E-state index is 0.434. The Hall–Kier alpha value is -1.42. The molecule has 0 aliphatic carbocycles. The highest BCUT2D eigenvalue weighted by Gasteiger charge is 2.14. The van der Waals surface area contributed by atoms with E-state index in [0.717, 1.165) is 30.0 Å². The van der Waals surface area contributed by atoms with Gasteiger partial charge in [-0.3, -0.25) is 0 Å². The first-order valence-corrected chi connectivity index (χ1v) is 7.59. The maximum atomic E-state index is 5.87. The number of hydrogen-bond acceptors (Lipinski definition) is 4. The van der Waals surface area contributed by atoms with Crippen LogP contribution in [0.5, 0.6) is 17.2 Å². The van der Waals surface area contributed by atoms with Crippen molar-refractivity contribution in [2.75, 3.05) is 20.8 Å². The molecule has 120 valence electrons. The highest BCUT2D eigenvalue weighted by molar-refractivity contribution is 5.53. The smallest absolute Gasteiger partial charge is 0.203 e. The van der Waals surface area contributed by atoms with Gasteiger partial charge >= 0.3 is 0 Å². The lowest BCUT2D eigenvalue weighted by atomic mass is 10.1. The lowest BCUT2D eigenvalue weighted by Crippen LogP contribution is -2.21. The van der Waals surface area contributed by atoms with Gasteiger partial charge in [0.15, 0.2) is 11.5 Å². The summed E-state index contributed by atoms with van der Waals surface area (Å²) in [5.41, 5.74) is 1.12. The van der Waals surface area contributed by atoms with Gasteiger partial charge in [0.05, 0.1) is 20.8 Å². The van der Waals surface area contributed by atoms with Gasteiger partial charge in [-0.05, 0) is 30.0 Å². The van der Waals surface area contributed by atoms with Crippen LogP contribution in [-0.4, -0.2) is 26.9 Å². The second kappa shape index (κ2) is 8.78. The molecule has 0 aliphatic rings. The summed E-state index contributed by atoms with van der Waals surface area (Å²) in [7, 11) is 3.31. The molecular weight excluding hydrogens is 266 g/mol. The third-order valence-electron chi connectivity index (χ3n) is 3.18. The average Bonchev–Trinajstić information content (AvgIpc) is 2.44. The molecule has 1 N–H and O–H groups in total. The fraction of sp³-hybridized carbons (Fsp3) is 0.647. The molecule has 1 rings (SSSR count). The Morgan fingerprint density at radius 2 is 1.57 bits per heavy atom. The molecule has 0 saturated carbocycles. The molecule has 0 amide bonds. The number of hydrogen-bond donors (Lipinski definition) is 1. The molecule has 0 atom stereocenters. The molecule has 4 nitrogen and oxygen atoms in total. The topological polar surface area (TPSA) is 39.7 Å². The van der Waals surface area contributed by atoms with Crippen molar-refractivity contribution in [3.05, 3.63) is 17.7 Å². The Bertz CT molecular complexity index is 405. The number of methoxy groups -OCH3 is 2. The first kappa shape index (κ1) is 17.6. The number of rotatable bonds is 9. The van der Waals surface area contributed by atoms with Gasteiger partial charge in [-0.15, -0.1) is 0 Å². The lowest BCUT2D eigenvalue weighted by Gasteiger charge is -2.17. The largest absolute Gasteiger partial charge is 0.493 e. The van der Waals surface area contributed by atoms with Crippen LogP contribution in [0.3, 0.4) is 0 Å². The lowest BCUT2D eigenvalue weighted by molar-refractivity contribution is 0.257. The minimum atomic E-state index is 0.434. The van der Waals surface area contributed by atoms with Crippen LogP contribution in [0.4, 0.5) is 0 Å². The summed E-state index contributed by atoms with van der Waals surface area (Å²) >= 11 is 0. The monoisotopic (exact) mass is 295 g/mol. The predicted octanol–water partition coefficient (Wildman–Crippen LogP) is 3.63. The molecule has 0 bridgehead atoms. The molecule has 21 heavy (non-hydrogen) atoms. The molecule has 4 heteroatoms. The Labute approximate surface area is 128 Å². The van der Waals surface area contributed by atoms with Gasteiger partial charge in [0.25, 0.3) is 0 Å². The van der Waals surface area contributed by atoms with Gasteiger partial charge < -0.3 is 19.5 Å². The molecule has 0 fully saturated rings. The second-order valence-corrected chi connectivity index (χ2v) is 5.90. The van der Waals surface area contributed by atoms with Gasteiger partial charge in [0, 0.05) is 12.6 Å². The van der Waals surface area contributed by atoms with E-state index in [0.29, 0.717) is 24.3 Å². The first-order valence-electron chi connectivity index (χ1n) is 7.59. The zero-order valence-electron chi connectivity index (χ0n) is 14.2. The van der Waals surface area contributed by atoms with E-state index in [4.69, 9.17) is 14.2 Å². The third kappa shape index (κ3) is 5.84. The van der Waals surface area contributed by atoms with Gasteiger partial charge in [0.1, 0.15) is 0 Å². The summed E-state index contributed by atoms with van der Waals surface area (Å²) in [5.74, 6) is 2.74. The molecule has 0 spiro atoms. The van der Waals surface area contributed by atoms with Crippen LogP contribution in [0.15, 0.2) is 12.1 Å². The van der Waals surface area contributed by atoms with E-state index < -0.39 is 0 Å². The molecule has 0 heterocycles. The maximum Gasteiger partial charge on any atom is 0.203 e. The Balaban J connectivity index is 2.90. The Morgan fingerprint density at radius 3 is 2.00 bits per heavy atom. The summed E-state index contributed by atoms with van der Waals surface area (Å²) in [6.07, 6.45) is 1.00. The van der Waals surface area contributed by atoms with Crippen LogP contribution in [0.25, 0.3) is 0 Å². The minimum Gasteiger partial charge on any atom is -0.493 e. The summed E-state index contributed by atoms with van der Waals surface area (Å²) < 4.78 is 16.8. The van der Waals surface area contributed by atoms with Crippen molar-refractivity contribution in [3.8, 4) is 17.2 Å². The number of benzene rings is 1. The quantitative estimate of drug-likeness (QED) is 0.755. The standard InChI is InChI=1S/C17H29NO3/c1-12(2)7-8-21-17-15(19-5)9-14(10-16(17)20-6)11-18-13(3)4/h9-10,12-13,18H,7-8,11H2,1-6H3. The summed E-state index contributed by atoms with van der Waals surface area (Å²) in [5, 5.41) is 3.39. The average molecular weight is 295 g/mol. The van der Waals surface area contributed by atoms with Crippen LogP contribution in [0.2, 0.25) is 0 Å². The fourth-order valence-electron chi connectivity index (χ4n) is 1.90. The van der Waals surface area contributed by atoms with Crippen molar-refractivity contribution in [2.45, 2.75) is 46.7 Å². The van der Waals surface area contributed by atoms with Gasteiger partial charge in [-0.2, -0.15) is 0 Å². The van der Waals surface area contributed by atoms with Crippen molar-refractivity contribution >= 4 is 0 Å². The molecule has 0 saturated heterocycles. The molecule has 0 unspecified atom stereocenters. The molecule has 1 aromatic rings. The van der Waals surface area contributed by atoms with Crippen molar-refractivity contribution < 1.29 is 14.2 Å². The molecule has 0 radical (unpaired) electrons. The van der Waals surface area contributed by atoms with Crippen LogP contribution in [0, 0.1) is 5.92 Å². The van der Waals surface area contributed by atoms with Crippen molar-refractivity contribution in [2.24, 2.45) is 5.92 Å². The summed E-state index contributed by atoms with van der Waals surface area (Å²) in [4.78, 5) is 0. The predicted molar refractivity (Wildman–Crippen MR) is 86.5 cm³/mol. The van der Waals surface area contributed by atoms with E-state index in [9.17, 15) is 0 Å². The van der Waals surface area contributed by atoms with Crippen LogP contribution in [-0.2, 0) is 6.54 Å². The van der Waals surface area contributed by atoms with Crippen LogP contribution in [0.1, 0.15) is 39.7 Å². The molecule has 1 aromatic carbocycles. The zero-order chi connectivity index (χ0) is 15.8. The second-order valence-electron chi connectivity index (χ2n) is 5.90. The Morgan fingerprint density at radius 1 is 1.00 bits per heavy atom. The van der Waals surface area contributed by atoms with Gasteiger partial charge in [0.2, 0.25) is 5.75 Å². The van der Waals surface area contributed by atoms with E-state index in [1.54, 1.807) is 14.2 Å². The normalized spacial score (nSPS) is 11.0. The fourth-order valence-corrected chi connectivity index (χ4v) is 1.90. The van der Waals surface area contributed by atoms with Crippen molar-refractivity contribution in [3.63, 3.8) is 0 Å². The van der Waals surface area contributed by atoms with Crippen LogP contribution < -0.4 is 19.5 Å². The number of ether oxygens (including phenoxy) is 3. The van der Waals surface area contributed by atoms with E-state index in [2.05, 4.69) is 33.0 Å². The number of nitrogens with one attached hydrogen (secondary N) is 1. The molecular formula is C17H29NO3. The molecule has 0 aromatic heterocycles. The third-order valence-corrected chi connectivity index (χ3v) is 3.18. The Kier molecular flexibility index (Phi) is 7.37. The maximum absolute atomic E-state index is 5.87. The van der Waals surface area contributed by atoms with Crippen molar-refractivity contribution in [1.29, 1.82) is 0 Å².